The van der Waals surface area contributed by atoms with Crippen molar-refractivity contribution in [1.29, 1.82) is 0 Å². The highest BCUT2D eigenvalue weighted by Gasteiger charge is 2.23. The molecule has 1 aliphatic rings. The SMILES string of the molecule is CC[C@H](NC(=O)c1cc2c(nc1OC)CCC2)c1cn2cccnc2n1. The molecule has 3 aromatic heterocycles. The van der Waals surface area contributed by atoms with Gasteiger partial charge in [-0.15, -0.1) is 0 Å². The lowest BCUT2D eigenvalue weighted by atomic mass is 10.1. The van der Waals surface area contributed by atoms with Crippen LogP contribution in [0.25, 0.3) is 5.78 Å². The maximum Gasteiger partial charge on any atom is 0.257 e. The Labute approximate surface area is 151 Å². The van der Waals surface area contributed by atoms with Crippen molar-refractivity contribution in [3.8, 4) is 5.88 Å². The minimum absolute atomic E-state index is 0.194. The fourth-order valence-corrected chi connectivity index (χ4v) is 3.41. The van der Waals surface area contributed by atoms with Gasteiger partial charge in [0.25, 0.3) is 5.91 Å². The first-order valence-electron chi connectivity index (χ1n) is 8.87. The van der Waals surface area contributed by atoms with Crippen LogP contribution >= 0.6 is 0 Å². The van der Waals surface area contributed by atoms with Gasteiger partial charge in [0.2, 0.25) is 11.7 Å². The number of fused-ring (bicyclic) bond motifs is 2. The van der Waals surface area contributed by atoms with Crippen molar-refractivity contribution in [2.24, 2.45) is 0 Å². The summed E-state index contributed by atoms with van der Waals surface area (Å²) >= 11 is 0. The normalized spacial score (nSPS) is 14.2. The molecule has 1 atom stereocenters. The molecule has 0 unspecified atom stereocenters. The van der Waals surface area contributed by atoms with Gasteiger partial charge in [0, 0.05) is 24.3 Å². The molecule has 0 radical (unpaired) electrons. The van der Waals surface area contributed by atoms with E-state index in [1.807, 2.05) is 35.9 Å². The molecular weight excluding hydrogens is 330 g/mol. The average Bonchev–Trinajstić information content (AvgIpc) is 3.30. The Morgan fingerprint density at radius 2 is 2.27 bits per heavy atom. The zero-order valence-electron chi connectivity index (χ0n) is 14.9. The molecule has 1 aliphatic carbocycles. The summed E-state index contributed by atoms with van der Waals surface area (Å²) in [5.41, 5.74) is 3.44. The molecule has 1 amide bonds. The lowest BCUT2D eigenvalue weighted by Gasteiger charge is -2.16. The van der Waals surface area contributed by atoms with Crippen LogP contribution in [0.15, 0.2) is 30.7 Å². The van der Waals surface area contributed by atoms with Gasteiger partial charge in [0.15, 0.2) is 0 Å². The molecule has 7 heteroatoms. The fourth-order valence-electron chi connectivity index (χ4n) is 3.41. The second kappa shape index (κ2) is 6.74. The first-order valence-corrected chi connectivity index (χ1v) is 8.87. The second-order valence-corrected chi connectivity index (χ2v) is 6.43. The predicted octanol–water partition coefficient (Wildman–Crippen LogP) is 2.50. The highest BCUT2D eigenvalue weighted by Crippen LogP contribution is 2.27. The number of ether oxygens (including phenoxy) is 1. The number of nitrogens with one attached hydrogen (secondary N) is 1. The molecule has 3 heterocycles. The lowest BCUT2D eigenvalue weighted by molar-refractivity contribution is 0.0931. The molecule has 0 bridgehead atoms. The first-order chi connectivity index (χ1) is 12.7. The zero-order chi connectivity index (χ0) is 18.1. The van der Waals surface area contributed by atoms with Crippen molar-refractivity contribution in [2.75, 3.05) is 7.11 Å². The van der Waals surface area contributed by atoms with Gasteiger partial charge in [-0.05, 0) is 43.4 Å². The summed E-state index contributed by atoms with van der Waals surface area (Å²) in [7, 11) is 1.55. The topological polar surface area (TPSA) is 81.4 Å². The number of rotatable bonds is 5. The Bertz CT molecular complexity index is 933. The molecule has 0 spiro atoms. The van der Waals surface area contributed by atoms with Gasteiger partial charge >= 0.3 is 0 Å². The van der Waals surface area contributed by atoms with Crippen molar-refractivity contribution in [1.82, 2.24) is 24.7 Å². The predicted molar refractivity (Wildman–Crippen MR) is 96.3 cm³/mol. The Morgan fingerprint density at radius 3 is 3.04 bits per heavy atom. The van der Waals surface area contributed by atoms with E-state index in [4.69, 9.17) is 4.74 Å². The van der Waals surface area contributed by atoms with E-state index in [9.17, 15) is 4.79 Å². The molecule has 4 rings (SSSR count). The number of aromatic nitrogens is 4. The summed E-state index contributed by atoms with van der Waals surface area (Å²) in [6.07, 6.45) is 9.18. The van der Waals surface area contributed by atoms with Gasteiger partial charge < -0.3 is 10.1 Å². The minimum Gasteiger partial charge on any atom is -0.480 e. The summed E-state index contributed by atoms with van der Waals surface area (Å²) in [6, 6.07) is 3.56. The lowest BCUT2D eigenvalue weighted by Crippen LogP contribution is -2.29. The third kappa shape index (κ3) is 2.89. The summed E-state index contributed by atoms with van der Waals surface area (Å²) < 4.78 is 7.21. The van der Waals surface area contributed by atoms with Crippen LogP contribution in [-0.4, -0.2) is 32.4 Å². The monoisotopic (exact) mass is 351 g/mol. The Hall–Kier alpha value is -2.96. The van der Waals surface area contributed by atoms with E-state index in [1.54, 1.807) is 13.3 Å². The van der Waals surface area contributed by atoms with Crippen LogP contribution in [0.1, 0.15) is 53.1 Å². The zero-order valence-corrected chi connectivity index (χ0v) is 14.9. The van der Waals surface area contributed by atoms with Crippen molar-refractivity contribution in [3.05, 3.63) is 53.2 Å². The number of imidazole rings is 1. The van der Waals surface area contributed by atoms with Crippen LogP contribution in [0.4, 0.5) is 0 Å². The third-order valence-corrected chi connectivity index (χ3v) is 4.78. The first kappa shape index (κ1) is 16.5. The second-order valence-electron chi connectivity index (χ2n) is 6.43. The van der Waals surface area contributed by atoms with Crippen molar-refractivity contribution in [3.63, 3.8) is 0 Å². The van der Waals surface area contributed by atoms with E-state index in [2.05, 4.69) is 20.3 Å². The Balaban J connectivity index is 1.62. The van der Waals surface area contributed by atoms with Gasteiger partial charge in [-0.25, -0.2) is 15.0 Å². The molecule has 3 aromatic rings. The maximum atomic E-state index is 12.9. The van der Waals surface area contributed by atoms with Crippen molar-refractivity contribution in [2.45, 2.75) is 38.6 Å². The standard InChI is InChI=1S/C19H21N5O2/c1-3-14(16-11-24-9-5-8-20-19(24)23-16)21-17(25)13-10-12-6-4-7-15(12)22-18(13)26-2/h5,8-11,14H,3-4,6-7H2,1-2H3,(H,21,25)/t14-/m0/s1. The number of hydrogen-bond donors (Lipinski definition) is 1. The van der Waals surface area contributed by atoms with Gasteiger partial charge in [-0.2, -0.15) is 0 Å². The number of aryl methyl sites for hydroxylation is 2. The van der Waals surface area contributed by atoms with Crippen LogP contribution in [0, 0.1) is 0 Å². The smallest absolute Gasteiger partial charge is 0.257 e. The van der Waals surface area contributed by atoms with Gasteiger partial charge in [-0.1, -0.05) is 6.92 Å². The number of carbonyl (C=O) groups excluding carboxylic acids is 1. The van der Waals surface area contributed by atoms with Gasteiger partial charge in [0.1, 0.15) is 5.56 Å². The minimum atomic E-state index is -0.206. The van der Waals surface area contributed by atoms with Crippen LogP contribution in [-0.2, 0) is 12.8 Å². The molecule has 0 fully saturated rings. The number of pyridine rings is 1. The summed E-state index contributed by atoms with van der Waals surface area (Å²) in [5, 5.41) is 3.06. The van der Waals surface area contributed by atoms with Crippen LogP contribution < -0.4 is 10.1 Å². The number of amides is 1. The van der Waals surface area contributed by atoms with E-state index in [-0.39, 0.29) is 11.9 Å². The van der Waals surface area contributed by atoms with E-state index in [0.29, 0.717) is 17.2 Å². The van der Waals surface area contributed by atoms with Gasteiger partial charge in [0.05, 0.1) is 18.8 Å². The quantitative estimate of drug-likeness (QED) is 0.764. The molecule has 0 aliphatic heterocycles. The van der Waals surface area contributed by atoms with Crippen LogP contribution in [0.2, 0.25) is 0 Å². The molecule has 0 saturated heterocycles. The highest BCUT2D eigenvalue weighted by molar-refractivity contribution is 5.97. The molecule has 0 saturated carbocycles. The third-order valence-electron chi connectivity index (χ3n) is 4.78. The fraction of sp³-hybridized carbons (Fsp3) is 0.368. The van der Waals surface area contributed by atoms with E-state index in [1.165, 1.54) is 0 Å². The number of hydrogen-bond acceptors (Lipinski definition) is 5. The Morgan fingerprint density at radius 1 is 1.38 bits per heavy atom. The van der Waals surface area contributed by atoms with E-state index < -0.39 is 0 Å². The van der Waals surface area contributed by atoms with Crippen molar-refractivity contribution >= 4 is 11.7 Å². The summed E-state index contributed by atoms with van der Waals surface area (Å²) in [6.45, 7) is 2.01. The highest BCUT2D eigenvalue weighted by atomic mass is 16.5. The molecular formula is C19H21N5O2. The Kier molecular flexibility index (Phi) is 4.28. The van der Waals surface area contributed by atoms with E-state index in [0.717, 1.165) is 42.6 Å². The largest absolute Gasteiger partial charge is 0.480 e. The van der Waals surface area contributed by atoms with Crippen LogP contribution in [0.3, 0.4) is 0 Å². The molecule has 1 N–H and O–H groups in total. The molecule has 0 aromatic carbocycles. The van der Waals surface area contributed by atoms with E-state index >= 15 is 0 Å². The summed E-state index contributed by atoms with van der Waals surface area (Å²) in [4.78, 5) is 26.2. The molecule has 26 heavy (non-hydrogen) atoms. The summed E-state index contributed by atoms with van der Waals surface area (Å²) in [5.74, 6) is 0.808. The number of carbonyl (C=O) groups is 1. The van der Waals surface area contributed by atoms with Crippen LogP contribution in [0.5, 0.6) is 5.88 Å². The molecule has 134 valence electrons. The average molecular weight is 351 g/mol. The van der Waals surface area contributed by atoms with Crippen molar-refractivity contribution < 1.29 is 9.53 Å². The van der Waals surface area contributed by atoms with Gasteiger partial charge in [-0.3, -0.25) is 9.20 Å². The molecule has 7 nitrogen and oxygen atoms in total. The number of nitrogens with zero attached hydrogens (tertiary/aromatic N) is 4. The number of methoxy groups -OCH3 is 1. The maximum absolute atomic E-state index is 12.9.